The quantitative estimate of drug-likeness (QED) is 0.656. The first-order valence-corrected chi connectivity index (χ1v) is 6.70. The molecule has 0 bridgehead atoms. The van der Waals surface area contributed by atoms with Gasteiger partial charge in [-0.1, -0.05) is 32.9 Å². The summed E-state index contributed by atoms with van der Waals surface area (Å²) < 4.78 is 19.5. The van der Waals surface area contributed by atoms with E-state index in [0.717, 1.165) is 5.56 Å². The Labute approximate surface area is 124 Å². The molecule has 2 rings (SSSR count). The number of rotatable bonds is 3. The molecule has 0 saturated carbocycles. The first-order chi connectivity index (χ1) is 9.77. The van der Waals surface area contributed by atoms with Crippen LogP contribution in [-0.4, -0.2) is 5.84 Å². The largest absolute Gasteiger partial charge is 0.454 e. The zero-order valence-electron chi connectivity index (χ0n) is 12.4. The molecule has 0 unspecified atom stereocenters. The molecule has 3 nitrogen and oxygen atoms in total. The van der Waals surface area contributed by atoms with Crippen LogP contribution in [0.1, 0.15) is 31.9 Å². The van der Waals surface area contributed by atoms with Crippen molar-refractivity contribution in [3.05, 3.63) is 59.4 Å². The van der Waals surface area contributed by atoms with Gasteiger partial charge in [-0.05, 0) is 41.3 Å². The van der Waals surface area contributed by atoms with Crippen molar-refractivity contribution >= 4 is 5.84 Å². The van der Waals surface area contributed by atoms with Crippen molar-refractivity contribution in [2.24, 2.45) is 5.73 Å². The monoisotopic (exact) mass is 286 g/mol. The molecule has 0 fully saturated rings. The van der Waals surface area contributed by atoms with Gasteiger partial charge in [-0.3, -0.25) is 5.41 Å². The number of nitrogen functional groups attached to an aromatic ring is 1. The second-order valence-corrected chi connectivity index (χ2v) is 5.94. The lowest BCUT2D eigenvalue weighted by Crippen LogP contribution is -2.11. The van der Waals surface area contributed by atoms with Crippen molar-refractivity contribution in [1.82, 2.24) is 0 Å². The van der Waals surface area contributed by atoms with Gasteiger partial charge < -0.3 is 10.5 Å². The average Bonchev–Trinajstić information content (AvgIpc) is 2.40. The standard InChI is InChI=1S/C17H19FN2O/c1-17(2,3)12-5-4-6-13(10-12)21-15-8-7-11(16(19)20)9-14(15)18/h4-10H,1-3H3,(H3,19,20). The molecule has 0 aliphatic carbocycles. The van der Waals surface area contributed by atoms with Crippen LogP contribution in [0, 0.1) is 11.2 Å². The van der Waals surface area contributed by atoms with E-state index in [9.17, 15) is 4.39 Å². The topological polar surface area (TPSA) is 59.1 Å². The van der Waals surface area contributed by atoms with Gasteiger partial charge in [-0.15, -0.1) is 0 Å². The van der Waals surface area contributed by atoms with Gasteiger partial charge in [0.25, 0.3) is 0 Å². The third kappa shape index (κ3) is 3.60. The lowest BCUT2D eigenvalue weighted by Gasteiger charge is -2.19. The van der Waals surface area contributed by atoms with Crippen molar-refractivity contribution in [2.45, 2.75) is 26.2 Å². The SMILES string of the molecule is CC(C)(C)c1cccc(Oc2ccc(C(=N)N)cc2F)c1. The maximum Gasteiger partial charge on any atom is 0.166 e. The van der Waals surface area contributed by atoms with E-state index in [1.165, 1.54) is 12.1 Å². The normalized spacial score (nSPS) is 11.2. The lowest BCUT2D eigenvalue weighted by atomic mass is 9.87. The Morgan fingerprint density at radius 3 is 2.43 bits per heavy atom. The minimum atomic E-state index is -0.538. The molecule has 110 valence electrons. The Balaban J connectivity index is 2.28. The van der Waals surface area contributed by atoms with Crippen LogP contribution in [0.2, 0.25) is 0 Å². The smallest absolute Gasteiger partial charge is 0.166 e. The van der Waals surface area contributed by atoms with Crippen LogP contribution in [0.5, 0.6) is 11.5 Å². The zero-order chi connectivity index (χ0) is 15.6. The fraction of sp³-hybridized carbons (Fsp3) is 0.235. The van der Waals surface area contributed by atoms with E-state index in [0.29, 0.717) is 11.3 Å². The summed E-state index contributed by atoms with van der Waals surface area (Å²) >= 11 is 0. The second kappa shape index (κ2) is 5.56. The van der Waals surface area contributed by atoms with E-state index in [2.05, 4.69) is 20.8 Å². The predicted octanol–water partition coefficient (Wildman–Crippen LogP) is 4.20. The molecular formula is C17H19FN2O. The van der Waals surface area contributed by atoms with Crippen LogP contribution in [0.4, 0.5) is 4.39 Å². The maximum atomic E-state index is 14.0. The highest BCUT2D eigenvalue weighted by molar-refractivity contribution is 5.95. The van der Waals surface area contributed by atoms with Crippen molar-refractivity contribution in [3.8, 4) is 11.5 Å². The Hall–Kier alpha value is -2.36. The van der Waals surface area contributed by atoms with Crippen LogP contribution in [0.15, 0.2) is 42.5 Å². The van der Waals surface area contributed by atoms with Crippen molar-refractivity contribution in [3.63, 3.8) is 0 Å². The summed E-state index contributed by atoms with van der Waals surface area (Å²) in [5.41, 5.74) is 6.77. The van der Waals surface area contributed by atoms with Crippen LogP contribution >= 0.6 is 0 Å². The number of hydrogen-bond acceptors (Lipinski definition) is 2. The van der Waals surface area contributed by atoms with Crippen molar-refractivity contribution in [2.75, 3.05) is 0 Å². The fourth-order valence-corrected chi connectivity index (χ4v) is 1.90. The molecule has 21 heavy (non-hydrogen) atoms. The number of hydrogen-bond donors (Lipinski definition) is 2. The maximum absolute atomic E-state index is 14.0. The molecule has 0 heterocycles. The summed E-state index contributed by atoms with van der Waals surface area (Å²) in [6.07, 6.45) is 0. The van der Waals surface area contributed by atoms with Gasteiger partial charge in [0.1, 0.15) is 11.6 Å². The molecule has 0 aromatic heterocycles. The second-order valence-electron chi connectivity index (χ2n) is 5.94. The molecule has 0 aliphatic heterocycles. The van der Waals surface area contributed by atoms with Crippen molar-refractivity contribution in [1.29, 1.82) is 5.41 Å². The summed E-state index contributed by atoms with van der Waals surface area (Å²) in [5, 5.41) is 7.29. The number of nitrogens with two attached hydrogens (primary N) is 1. The Morgan fingerprint density at radius 1 is 1.14 bits per heavy atom. The van der Waals surface area contributed by atoms with Gasteiger partial charge in [0.15, 0.2) is 11.6 Å². The Kier molecular flexibility index (Phi) is 3.98. The number of nitrogens with one attached hydrogen (secondary N) is 1. The molecule has 0 radical (unpaired) electrons. The summed E-state index contributed by atoms with van der Waals surface area (Å²) in [5.74, 6) is -0.0120. The van der Waals surface area contributed by atoms with E-state index in [1.807, 2.05) is 18.2 Å². The Morgan fingerprint density at radius 2 is 1.86 bits per heavy atom. The minimum absolute atomic E-state index is 0.00357. The van der Waals surface area contributed by atoms with Crippen LogP contribution in [-0.2, 0) is 5.41 Å². The molecule has 0 atom stereocenters. The average molecular weight is 286 g/mol. The van der Waals surface area contributed by atoms with E-state index in [-0.39, 0.29) is 17.0 Å². The molecule has 3 N–H and O–H groups in total. The van der Waals surface area contributed by atoms with Gasteiger partial charge in [0, 0.05) is 5.56 Å². The van der Waals surface area contributed by atoms with Crippen LogP contribution in [0.25, 0.3) is 0 Å². The third-order valence-corrected chi connectivity index (χ3v) is 3.17. The highest BCUT2D eigenvalue weighted by Crippen LogP contribution is 2.29. The predicted molar refractivity (Wildman–Crippen MR) is 82.6 cm³/mol. The van der Waals surface area contributed by atoms with Gasteiger partial charge in [-0.2, -0.15) is 0 Å². The van der Waals surface area contributed by atoms with Crippen LogP contribution in [0.3, 0.4) is 0 Å². The minimum Gasteiger partial charge on any atom is -0.454 e. The van der Waals surface area contributed by atoms with Crippen molar-refractivity contribution < 1.29 is 9.13 Å². The fourth-order valence-electron chi connectivity index (χ4n) is 1.90. The molecule has 2 aromatic rings. The van der Waals surface area contributed by atoms with E-state index >= 15 is 0 Å². The molecular weight excluding hydrogens is 267 g/mol. The molecule has 4 heteroatoms. The van der Waals surface area contributed by atoms with E-state index < -0.39 is 5.82 Å². The van der Waals surface area contributed by atoms with Crippen LogP contribution < -0.4 is 10.5 Å². The first-order valence-electron chi connectivity index (χ1n) is 6.70. The number of amidine groups is 1. The Bertz CT molecular complexity index is 675. The van der Waals surface area contributed by atoms with E-state index in [4.69, 9.17) is 15.9 Å². The van der Waals surface area contributed by atoms with Gasteiger partial charge in [0.05, 0.1) is 0 Å². The van der Waals surface area contributed by atoms with E-state index in [1.54, 1.807) is 12.1 Å². The highest BCUT2D eigenvalue weighted by atomic mass is 19.1. The summed E-state index contributed by atoms with van der Waals surface area (Å²) in [6, 6.07) is 11.8. The number of ether oxygens (including phenoxy) is 1. The first kappa shape index (κ1) is 15.0. The number of benzene rings is 2. The summed E-state index contributed by atoms with van der Waals surface area (Å²) in [4.78, 5) is 0. The number of halogens is 1. The molecule has 0 aliphatic rings. The highest BCUT2D eigenvalue weighted by Gasteiger charge is 2.15. The van der Waals surface area contributed by atoms with Gasteiger partial charge in [0.2, 0.25) is 0 Å². The zero-order valence-corrected chi connectivity index (χ0v) is 12.4. The summed E-state index contributed by atoms with van der Waals surface area (Å²) in [6.45, 7) is 6.32. The molecule has 2 aromatic carbocycles. The van der Waals surface area contributed by atoms with Gasteiger partial charge >= 0.3 is 0 Å². The molecule has 0 saturated heterocycles. The third-order valence-electron chi connectivity index (χ3n) is 3.17. The molecule has 0 spiro atoms. The lowest BCUT2D eigenvalue weighted by molar-refractivity contribution is 0.440. The van der Waals surface area contributed by atoms with Gasteiger partial charge in [-0.25, -0.2) is 4.39 Å². The summed E-state index contributed by atoms with van der Waals surface area (Å²) in [7, 11) is 0. The molecule has 0 amide bonds.